The maximum absolute atomic E-state index is 13.2. The molecule has 0 amide bonds. The SMILES string of the molecule is CCCCCOC(=O)[C@@H](NP1(=O)CO[C@@H](Cn2cnc3c(N)ncnc32)CO1)C(C)CC. The van der Waals surface area contributed by atoms with Crippen molar-refractivity contribution >= 4 is 30.5 Å². The Hall–Kier alpha value is -2.07. The summed E-state index contributed by atoms with van der Waals surface area (Å²) < 4.78 is 32.0. The molecule has 178 valence electrons. The van der Waals surface area contributed by atoms with Crippen LogP contribution in [0.15, 0.2) is 12.7 Å². The molecule has 0 spiro atoms. The van der Waals surface area contributed by atoms with Crippen molar-refractivity contribution in [1.29, 1.82) is 0 Å². The Kier molecular flexibility index (Phi) is 8.58. The lowest BCUT2D eigenvalue weighted by molar-refractivity contribution is -0.147. The number of esters is 1. The Balaban J connectivity index is 1.57. The van der Waals surface area contributed by atoms with E-state index in [-0.39, 0.29) is 25.0 Å². The molecule has 3 rings (SSSR count). The monoisotopic (exact) mass is 468 g/mol. The van der Waals surface area contributed by atoms with Crippen LogP contribution in [0.2, 0.25) is 0 Å². The normalized spacial score (nSPS) is 23.2. The molecule has 0 aliphatic carbocycles. The Bertz CT molecular complexity index is 942. The number of carbonyl (C=O) groups is 1. The van der Waals surface area contributed by atoms with Gasteiger partial charge in [-0.15, -0.1) is 0 Å². The highest BCUT2D eigenvalue weighted by Gasteiger charge is 2.38. The summed E-state index contributed by atoms with van der Waals surface area (Å²) in [5.74, 6) is -0.164. The molecular weight excluding hydrogens is 435 g/mol. The third kappa shape index (κ3) is 6.04. The van der Waals surface area contributed by atoms with Gasteiger partial charge < -0.3 is 24.3 Å². The largest absolute Gasteiger partial charge is 0.465 e. The fourth-order valence-corrected chi connectivity index (χ4v) is 5.22. The molecule has 2 unspecified atom stereocenters. The van der Waals surface area contributed by atoms with E-state index in [2.05, 4.69) is 27.0 Å². The zero-order valence-corrected chi connectivity index (χ0v) is 19.8. The molecule has 3 N–H and O–H groups in total. The summed E-state index contributed by atoms with van der Waals surface area (Å²) in [7, 11) is -3.36. The van der Waals surface area contributed by atoms with E-state index in [0.717, 1.165) is 25.7 Å². The predicted molar refractivity (Wildman–Crippen MR) is 120 cm³/mol. The van der Waals surface area contributed by atoms with Crippen LogP contribution in [0.1, 0.15) is 46.5 Å². The first-order valence-electron chi connectivity index (χ1n) is 11.1. The Morgan fingerprint density at radius 3 is 2.88 bits per heavy atom. The van der Waals surface area contributed by atoms with E-state index in [1.807, 2.05) is 13.8 Å². The number of hydrogen-bond acceptors (Lipinski definition) is 9. The van der Waals surface area contributed by atoms with Crippen LogP contribution < -0.4 is 10.8 Å². The number of aromatic nitrogens is 4. The smallest absolute Gasteiger partial charge is 0.323 e. The van der Waals surface area contributed by atoms with E-state index in [1.54, 1.807) is 10.9 Å². The minimum absolute atomic E-state index is 0.0664. The minimum Gasteiger partial charge on any atom is -0.465 e. The molecule has 1 fully saturated rings. The van der Waals surface area contributed by atoms with Gasteiger partial charge in [0, 0.05) is 0 Å². The number of rotatable bonds is 11. The molecule has 4 atom stereocenters. The number of anilines is 1. The van der Waals surface area contributed by atoms with Gasteiger partial charge in [0.25, 0.3) is 7.52 Å². The van der Waals surface area contributed by atoms with Gasteiger partial charge in [-0.1, -0.05) is 40.0 Å². The van der Waals surface area contributed by atoms with Gasteiger partial charge in [0.2, 0.25) is 0 Å². The number of nitrogens with two attached hydrogens (primary N) is 1. The van der Waals surface area contributed by atoms with Gasteiger partial charge in [-0.3, -0.25) is 9.36 Å². The van der Waals surface area contributed by atoms with Gasteiger partial charge >= 0.3 is 5.97 Å². The van der Waals surface area contributed by atoms with E-state index in [9.17, 15) is 9.36 Å². The van der Waals surface area contributed by atoms with Crippen molar-refractivity contribution < 1.29 is 23.4 Å². The van der Waals surface area contributed by atoms with Crippen LogP contribution in [-0.2, 0) is 29.9 Å². The molecule has 1 saturated heterocycles. The number of unbranched alkanes of at least 4 members (excludes halogenated alkanes) is 2. The average molecular weight is 468 g/mol. The molecule has 1 aliphatic rings. The van der Waals surface area contributed by atoms with Crippen LogP contribution in [0.25, 0.3) is 11.2 Å². The second-order valence-corrected chi connectivity index (χ2v) is 10.2. The van der Waals surface area contributed by atoms with E-state index in [0.29, 0.717) is 30.1 Å². The van der Waals surface area contributed by atoms with Crippen molar-refractivity contribution in [3.8, 4) is 0 Å². The zero-order chi connectivity index (χ0) is 23.1. The lowest BCUT2D eigenvalue weighted by Crippen LogP contribution is -2.44. The van der Waals surface area contributed by atoms with Crippen LogP contribution >= 0.6 is 7.52 Å². The van der Waals surface area contributed by atoms with Crippen molar-refractivity contribution in [1.82, 2.24) is 24.6 Å². The van der Waals surface area contributed by atoms with Crippen molar-refractivity contribution in [3.63, 3.8) is 0 Å². The summed E-state index contributed by atoms with van der Waals surface area (Å²) >= 11 is 0. The van der Waals surface area contributed by atoms with Gasteiger partial charge in [0.05, 0.1) is 26.1 Å². The van der Waals surface area contributed by atoms with Gasteiger partial charge in [0.1, 0.15) is 30.3 Å². The molecule has 2 aromatic rings. The topological polar surface area (TPSA) is 143 Å². The molecule has 3 heterocycles. The first-order valence-corrected chi connectivity index (χ1v) is 12.9. The first kappa shape index (κ1) is 24.6. The minimum atomic E-state index is -3.36. The quantitative estimate of drug-likeness (QED) is 0.287. The second-order valence-electron chi connectivity index (χ2n) is 8.08. The number of nitrogen functional groups attached to an aromatic ring is 1. The molecule has 12 heteroatoms. The maximum Gasteiger partial charge on any atom is 0.323 e. The lowest BCUT2D eigenvalue weighted by Gasteiger charge is -2.33. The van der Waals surface area contributed by atoms with Gasteiger partial charge in [-0.2, -0.15) is 0 Å². The number of nitrogens with one attached hydrogen (secondary N) is 1. The van der Waals surface area contributed by atoms with Crippen LogP contribution in [0, 0.1) is 5.92 Å². The van der Waals surface area contributed by atoms with Crippen LogP contribution in [0.3, 0.4) is 0 Å². The van der Waals surface area contributed by atoms with E-state index >= 15 is 0 Å². The molecular formula is C20H33N6O5P. The predicted octanol–water partition coefficient (Wildman–Crippen LogP) is 2.71. The molecule has 0 saturated carbocycles. The highest BCUT2D eigenvalue weighted by Crippen LogP contribution is 2.47. The highest BCUT2D eigenvalue weighted by atomic mass is 31.2. The number of imidazole rings is 1. The molecule has 0 radical (unpaired) electrons. The third-order valence-electron chi connectivity index (χ3n) is 5.57. The fraction of sp³-hybridized carbons (Fsp3) is 0.700. The molecule has 11 nitrogen and oxygen atoms in total. The van der Waals surface area contributed by atoms with Crippen molar-refractivity contribution in [2.24, 2.45) is 5.92 Å². The molecule has 0 aromatic carbocycles. The summed E-state index contributed by atoms with van der Waals surface area (Å²) in [6.45, 7) is 6.84. The first-order chi connectivity index (χ1) is 15.4. The lowest BCUT2D eigenvalue weighted by atomic mass is 10.0. The standard InChI is InChI=1S/C20H33N6O5P/c1-4-6-7-8-29-20(27)16(14(3)5-2)25-32(28)13-30-15(10-31-32)9-26-12-24-17-18(21)22-11-23-19(17)26/h11-12,14-16H,4-10,13H2,1-3H3,(H,25,28)(H2,21,22,23)/t14?,15-,16-,32?/m0/s1. The Morgan fingerprint density at radius 1 is 1.38 bits per heavy atom. The molecule has 1 aliphatic heterocycles. The summed E-state index contributed by atoms with van der Waals surface area (Å²) in [6, 6.07) is -0.718. The summed E-state index contributed by atoms with van der Waals surface area (Å²) in [5.41, 5.74) is 6.94. The number of fused-ring (bicyclic) bond motifs is 1. The van der Waals surface area contributed by atoms with E-state index in [1.165, 1.54) is 6.33 Å². The molecule has 32 heavy (non-hydrogen) atoms. The van der Waals surface area contributed by atoms with E-state index in [4.69, 9.17) is 19.7 Å². The van der Waals surface area contributed by atoms with Crippen LogP contribution in [0.5, 0.6) is 0 Å². The van der Waals surface area contributed by atoms with E-state index < -0.39 is 19.5 Å². The molecule has 0 bridgehead atoms. The number of ether oxygens (including phenoxy) is 2. The number of carbonyl (C=O) groups excluding carboxylic acids is 1. The fourth-order valence-electron chi connectivity index (χ4n) is 3.40. The average Bonchev–Trinajstić information content (AvgIpc) is 3.20. The number of hydrogen-bond donors (Lipinski definition) is 2. The van der Waals surface area contributed by atoms with Gasteiger partial charge in [-0.25, -0.2) is 20.0 Å². The van der Waals surface area contributed by atoms with Crippen LogP contribution in [0.4, 0.5) is 5.82 Å². The summed E-state index contributed by atoms with van der Waals surface area (Å²) in [4.78, 5) is 25.0. The molecule has 2 aromatic heterocycles. The Labute approximate surface area is 187 Å². The van der Waals surface area contributed by atoms with Crippen molar-refractivity contribution in [3.05, 3.63) is 12.7 Å². The third-order valence-corrected chi connectivity index (χ3v) is 7.30. The second kappa shape index (κ2) is 11.2. The summed E-state index contributed by atoms with van der Waals surface area (Å²) in [5, 5.41) is 2.92. The highest BCUT2D eigenvalue weighted by molar-refractivity contribution is 7.56. The Morgan fingerprint density at radius 2 is 2.19 bits per heavy atom. The van der Waals surface area contributed by atoms with Gasteiger partial charge in [-0.05, 0) is 12.3 Å². The number of nitrogens with zero attached hydrogens (tertiary/aromatic N) is 4. The van der Waals surface area contributed by atoms with Crippen molar-refractivity contribution in [2.45, 2.75) is 65.1 Å². The summed E-state index contributed by atoms with van der Waals surface area (Å²) in [6.07, 6.45) is 6.07. The maximum atomic E-state index is 13.2. The van der Waals surface area contributed by atoms with Crippen LogP contribution in [-0.4, -0.2) is 57.2 Å². The zero-order valence-electron chi connectivity index (χ0n) is 18.9. The van der Waals surface area contributed by atoms with Gasteiger partial charge in [0.15, 0.2) is 11.5 Å². The van der Waals surface area contributed by atoms with Crippen molar-refractivity contribution in [2.75, 3.05) is 25.3 Å².